The van der Waals surface area contributed by atoms with Gasteiger partial charge >= 0.3 is 5.97 Å². The number of carbonyl (C=O) groups excluding carboxylic acids is 1. The van der Waals surface area contributed by atoms with Crippen molar-refractivity contribution in [3.05, 3.63) is 0 Å². The molecule has 0 bridgehead atoms. The Morgan fingerprint density at radius 1 is 1.05 bits per heavy atom. The van der Waals surface area contributed by atoms with Crippen LogP contribution in [0.25, 0.3) is 0 Å². The first kappa shape index (κ1) is 17.0. The predicted octanol–water partition coefficient (Wildman–Crippen LogP) is 3.21. The lowest BCUT2D eigenvalue weighted by atomic mass is 9.95. The van der Waals surface area contributed by atoms with Gasteiger partial charge in [0.15, 0.2) is 0 Å². The van der Waals surface area contributed by atoms with Crippen molar-refractivity contribution in [2.75, 3.05) is 6.54 Å². The van der Waals surface area contributed by atoms with Gasteiger partial charge in [-0.15, -0.1) is 0 Å². The van der Waals surface area contributed by atoms with Crippen LogP contribution in [-0.4, -0.2) is 23.5 Å². The highest BCUT2D eigenvalue weighted by molar-refractivity contribution is 5.85. The molecule has 1 unspecified atom stereocenters. The lowest BCUT2D eigenvalue weighted by Gasteiger charge is -2.15. The molecule has 116 valence electrons. The van der Waals surface area contributed by atoms with Crippen molar-refractivity contribution < 1.29 is 14.7 Å². The van der Waals surface area contributed by atoms with Gasteiger partial charge in [-0.05, 0) is 25.2 Å². The molecule has 0 spiro atoms. The van der Waals surface area contributed by atoms with Crippen LogP contribution in [0.15, 0.2) is 0 Å². The number of hydrogen-bond acceptors (Lipinski definition) is 2. The van der Waals surface area contributed by atoms with Crippen LogP contribution in [0.3, 0.4) is 0 Å². The van der Waals surface area contributed by atoms with Gasteiger partial charge in [0.25, 0.3) is 0 Å². The molecular formula is C16H29NO3. The molecule has 0 aromatic carbocycles. The van der Waals surface area contributed by atoms with E-state index in [1.54, 1.807) is 0 Å². The summed E-state index contributed by atoms with van der Waals surface area (Å²) in [7, 11) is 0. The number of hydrogen-bond donors (Lipinski definition) is 2. The fourth-order valence-corrected chi connectivity index (χ4v) is 3.10. The summed E-state index contributed by atoms with van der Waals surface area (Å²) >= 11 is 0. The molecule has 4 nitrogen and oxygen atoms in total. The van der Waals surface area contributed by atoms with Gasteiger partial charge in [-0.3, -0.25) is 9.59 Å². The van der Waals surface area contributed by atoms with E-state index in [1.165, 1.54) is 25.7 Å². The van der Waals surface area contributed by atoms with E-state index in [9.17, 15) is 9.59 Å². The Morgan fingerprint density at radius 2 is 1.65 bits per heavy atom. The number of aliphatic carboxylic acids is 1. The van der Waals surface area contributed by atoms with E-state index in [2.05, 4.69) is 12.2 Å². The zero-order valence-electron chi connectivity index (χ0n) is 12.9. The molecule has 0 radical (unpaired) electrons. The second kappa shape index (κ2) is 8.98. The van der Waals surface area contributed by atoms with Crippen molar-refractivity contribution in [3.8, 4) is 0 Å². The molecule has 0 heterocycles. The Labute approximate surface area is 122 Å². The average molecular weight is 283 g/mol. The Balaban J connectivity index is 2.20. The van der Waals surface area contributed by atoms with Crippen LogP contribution < -0.4 is 5.32 Å². The van der Waals surface area contributed by atoms with Crippen molar-refractivity contribution in [3.63, 3.8) is 0 Å². The number of nitrogens with one attached hydrogen (secondary N) is 1. The molecule has 1 rings (SSSR count). The molecule has 1 fully saturated rings. The molecule has 1 aliphatic carbocycles. The third-order valence-electron chi connectivity index (χ3n) is 4.28. The van der Waals surface area contributed by atoms with E-state index in [0.29, 0.717) is 25.3 Å². The summed E-state index contributed by atoms with van der Waals surface area (Å²) in [6, 6.07) is 0. The van der Waals surface area contributed by atoms with Gasteiger partial charge < -0.3 is 10.4 Å². The number of rotatable bonds is 9. The van der Waals surface area contributed by atoms with Gasteiger partial charge in [0.05, 0.1) is 11.8 Å². The fourth-order valence-electron chi connectivity index (χ4n) is 3.10. The van der Waals surface area contributed by atoms with Crippen molar-refractivity contribution in [1.29, 1.82) is 0 Å². The highest BCUT2D eigenvalue weighted by Gasteiger charge is 2.40. The Kier molecular flexibility index (Phi) is 7.63. The van der Waals surface area contributed by atoms with Crippen molar-refractivity contribution in [2.24, 2.45) is 17.8 Å². The molecule has 1 aliphatic rings. The van der Waals surface area contributed by atoms with Gasteiger partial charge in [-0.1, -0.05) is 46.0 Å². The van der Waals surface area contributed by atoms with Crippen LogP contribution in [0, 0.1) is 17.8 Å². The molecule has 1 saturated carbocycles. The summed E-state index contributed by atoms with van der Waals surface area (Å²) in [4.78, 5) is 23.2. The van der Waals surface area contributed by atoms with Crippen LogP contribution >= 0.6 is 0 Å². The van der Waals surface area contributed by atoms with E-state index < -0.39 is 11.9 Å². The number of carbonyl (C=O) groups is 2. The van der Waals surface area contributed by atoms with Gasteiger partial charge in [0.1, 0.15) is 0 Å². The van der Waals surface area contributed by atoms with Crippen LogP contribution in [0.1, 0.15) is 65.2 Å². The highest BCUT2D eigenvalue weighted by atomic mass is 16.4. The lowest BCUT2D eigenvalue weighted by Crippen LogP contribution is -2.35. The summed E-state index contributed by atoms with van der Waals surface area (Å²) in [5.41, 5.74) is 0. The molecule has 0 aromatic rings. The minimum Gasteiger partial charge on any atom is -0.481 e. The Morgan fingerprint density at radius 3 is 2.30 bits per heavy atom. The van der Waals surface area contributed by atoms with Crippen LogP contribution in [0.2, 0.25) is 0 Å². The van der Waals surface area contributed by atoms with Crippen LogP contribution in [0.4, 0.5) is 0 Å². The van der Waals surface area contributed by atoms with E-state index in [4.69, 9.17) is 5.11 Å². The molecule has 0 saturated heterocycles. The summed E-state index contributed by atoms with van der Waals surface area (Å²) in [5, 5.41) is 12.1. The van der Waals surface area contributed by atoms with Crippen molar-refractivity contribution >= 4 is 11.9 Å². The Hall–Kier alpha value is -1.06. The van der Waals surface area contributed by atoms with E-state index >= 15 is 0 Å². The van der Waals surface area contributed by atoms with E-state index in [-0.39, 0.29) is 11.8 Å². The van der Waals surface area contributed by atoms with Crippen molar-refractivity contribution in [2.45, 2.75) is 65.2 Å². The highest BCUT2D eigenvalue weighted by Crippen LogP contribution is 2.36. The van der Waals surface area contributed by atoms with Crippen LogP contribution in [-0.2, 0) is 9.59 Å². The van der Waals surface area contributed by atoms with Gasteiger partial charge in [0.2, 0.25) is 5.91 Å². The first-order chi connectivity index (χ1) is 9.56. The molecule has 4 heteroatoms. The normalized spacial score (nSPS) is 25.6. The second-order valence-electron chi connectivity index (χ2n) is 6.19. The van der Waals surface area contributed by atoms with E-state index in [0.717, 1.165) is 12.8 Å². The molecule has 1 amide bonds. The first-order valence-corrected chi connectivity index (χ1v) is 8.06. The molecule has 2 N–H and O–H groups in total. The lowest BCUT2D eigenvalue weighted by molar-refractivity contribution is -0.146. The largest absolute Gasteiger partial charge is 0.481 e. The molecule has 0 aliphatic heterocycles. The van der Waals surface area contributed by atoms with Gasteiger partial charge in [-0.2, -0.15) is 0 Å². The molecule has 20 heavy (non-hydrogen) atoms. The maximum Gasteiger partial charge on any atom is 0.307 e. The number of amides is 1. The summed E-state index contributed by atoms with van der Waals surface area (Å²) in [5.74, 6) is -1.37. The van der Waals surface area contributed by atoms with Gasteiger partial charge in [-0.25, -0.2) is 0 Å². The standard InChI is InChI=1S/C16H29NO3/c1-3-4-5-6-7-8-9-17-15(18)13-10-12(2)11-14(13)16(19)20/h12-14H,3-11H2,1-2H3,(H,17,18)(H,19,20)/t12?,13-,14+/m0/s1. The minimum atomic E-state index is -0.825. The summed E-state index contributed by atoms with van der Waals surface area (Å²) in [6.07, 6.45) is 8.50. The zero-order chi connectivity index (χ0) is 15.0. The maximum atomic E-state index is 12.1. The van der Waals surface area contributed by atoms with E-state index in [1.807, 2.05) is 6.92 Å². The third-order valence-corrected chi connectivity index (χ3v) is 4.28. The second-order valence-corrected chi connectivity index (χ2v) is 6.19. The predicted molar refractivity (Wildman–Crippen MR) is 79.4 cm³/mol. The smallest absolute Gasteiger partial charge is 0.307 e. The third kappa shape index (κ3) is 5.51. The monoisotopic (exact) mass is 283 g/mol. The fraction of sp³-hybridized carbons (Fsp3) is 0.875. The number of carboxylic acid groups (broad SMARTS) is 1. The molecular weight excluding hydrogens is 254 g/mol. The number of carboxylic acids is 1. The molecule has 0 aromatic heterocycles. The summed E-state index contributed by atoms with van der Waals surface area (Å²) < 4.78 is 0. The number of unbranched alkanes of at least 4 members (excludes halogenated alkanes) is 5. The minimum absolute atomic E-state index is 0.0599. The van der Waals surface area contributed by atoms with Crippen LogP contribution in [0.5, 0.6) is 0 Å². The summed E-state index contributed by atoms with van der Waals surface area (Å²) in [6.45, 7) is 4.90. The maximum absolute atomic E-state index is 12.1. The van der Waals surface area contributed by atoms with Crippen molar-refractivity contribution in [1.82, 2.24) is 5.32 Å². The zero-order valence-corrected chi connectivity index (χ0v) is 12.9. The average Bonchev–Trinajstić information content (AvgIpc) is 2.80. The molecule has 3 atom stereocenters. The quantitative estimate of drug-likeness (QED) is 0.639. The first-order valence-electron chi connectivity index (χ1n) is 8.06. The topological polar surface area (TPSA) is 66.4 Å². The van der Waals surface area contributed by atoms with Gasteiger partial charge in [0, 0.05) is 6.54 Å². The Bertz CT molecular complexity index is 317. The SMILES string of the molecule is CCCCCCCCNC(=O)[C@H]1CC(C)C[C@H]1C(=O)O.